The minimum absolute atomic E-state index is 0. The lowest BCUT2D eigenvalue weighted by Gasteiger charge is -2.31. The Kier molecular flexibility index (Phi) is 6.75. The molecule has 1 aliphatic heterocycles. The number of piperidine rings is 1. The van der Waals surface area contributed by atoms with Crippen molar-refractivity contribution in [1.29, 1.82) is 0 Å². The molecule has 1 N–H and O–H groups in total. The van der Waals surface area contributed by atoms with E-state index in [0.717, 1.165) is 54.8 Å². The topological polar surface area (TPSA) is 45.2 Å². The number of carbonyl (C=O) groups is 1. The highest BCUT2D eigenvalue weighted by Gasteiger charge is 2.24. The smallest absolute Gasteiger partial charge is 0.265 e. The summed E-state index contributed by atoms with van der Waals surface area (Å²) in [6, 6.07) is 0. The fourth-order valence-electron chi connectivity index (χ4n) is 2.30. The van der Waals surface area contributed by atoms with Gasteiger partial charge in [-0.25, -0.2) is 4.98 Å². The van der Waals surface area contributed by atoms with Crippen molar-refractivity contribution in [2.45, 2.75) is 26.7 Å². The van der Waals surface area contributed by atoms with Crippen LogP contribution in [0.2, 0.25) is 0 Å². The maximum atomic E-state index is 12.2. The van der Waals surface area contributed by atoms with Crippen LogP contribution >= 0.6 is 23.7 Å². The molecular weight excluding hydrogens is 282 g/mol. The monoisotopic (exact) mass is 303 g/mol. The van der Waals surface area contributed by atoms with Crippen molar-refractivity contribution in [2.75, 3.05) is 26.2 Å². The first-order valence-electron chi connectivity index (χ1n) is 6.63. The Labute approximate surface area is 125 Å². The van der Waals surface area contributed by atoms with Gasteiger partial charge >= 0.3 is 0 Å². The van der Waals surface area contributed by atoms with Gasteiger partial charge in [-0.05, 0) is 38.8 Å². The van der Waals surface area contributed by atoms with Gasteiger partial charge in [0, 0.05) is 13.1 Å². The molecule has 0 bridgehead atoms. The van der Waals surface area contributed by atoms with Gasteiger partial charge in [0.1, 0.15) is 4.88 Å². The summed E-state index contributed by atoms with van der Waals surface area (Å²) < 4.78 is 0. The number of likely N-dealkylation sites (tertiary alicyclic amines) is 1. The summed E-state index contributed by atoms with van der Waals surface area (Å²) in [7, 11) is 0. The quantitative estimate of drug-likeness (QED) is 0.928. The Balaban J connectivity index is 0.00000180. The molecule has 2 rings (SSSR count). The molecular formula is C13H22ClN3OS. The van der Waals surface area contributed by atoms with E-state index in [1.807, 2.05) is 11.8 Å². The van der Waals surface area contributed by atoms with Crippen molar-refractivity contribution in [2.24, 2.45) is 5.92 Å². The first kappa shape index (κ1) is 16.4. The van der Waals surface area contributed by atoms with Crippen LogP contribution < -0.4 is 5.32 Å². The fraction of sp³-hybridized carbons (Fsp3) is 0.692. The average Bonchev–Trinajstić information content (AvgIpc) is 2.83. The van der Waals surface area contributed by atoms with Crippen LogP contribution in [0.25, 0.3) is 0 Å². The maximum Gasteiger partial charge on any atom is 0.265 e. The van der Waals surface area contributed by atoms with Crippen LogP contribution in [0.1, 0.15) is 34.4 Å². The highest BCUT2D eigenvalue weighted by Crippen LogP contribution is 2.20. The Hall–Kier alpha value is -0.650. The summed E-state index contributed by atoms with van der Waals surface area (Å²) >= 11 is 1.49. The summed E-state index contributed by atoms with van der Waals surface area (Å²) in [6.45, 7) is 7.93. The standard InChI is InChI=1S/C13H21N3OS.ClH/c1-3-14-8-11-4-6-16(7-5-11)13(17)12-9-15-10(2)18-12;/h9,11,14H,3-8H2,1-2H3;1H. The van der Waals surface area contributed by atoms with Gasteiger partial charge in [-0.15, -0.1) is 23.7 Å². The maximum absolute atomic E-state index is 12.2. The molecule has 1 aromatic heterocycles. The van der Waals surface area contributed by atoms with Crippen LogP contribution in [0.15, 0.2) is 6.20 Å². The van der Waals surface area contributed by atoms with Crippen molar-refractivity contribution >= 4 is 29.7 Å². The van der Waals surface area contributed by atoms with Crippen LogP contribution in [0.5, 0.6) is 0 Å². The average molecular weight is 304 g/mol. The molecule has 1 saturated heterocycles. The zero-order valence-corrected chi connectivity index (χ0v) is 13.1. The Bertz CT molecular complexity index is 402. The molecule has 0 aromatic carbocycles. The number of nitrogens with zero attached hydrogens (tertiary/aromatic N) is 2. The second-order valence-electron chi connectivity index (χ2n) is 4.79. The molecule has 4 nitrogen and oxygen atoms in total. The molecule has 2 heterocycles. The first-order chi connectivity index (χ1) is 8.70. The van der Waals surface area contributed by atoms with Gasteiger partial charge in [-0.1, -0.05) is 6.92 Å². The van der Waals surface area contributed by atoms with Gasteiger partial charge in [0.2, 0.25) is 0 Å². The number of nitrogens with one attached hydrogen (secondary N) is 1. The number of hydrogen-bond acceptors (Lipinski definition) is 4. The lowest BCUT2D eigenvalue weighted by atomic mass is 9.96. The summed E-state index contributed by atoms with van der Waals surface area (Å²) in [5, 5.41) is 4.34. The third-order valence-electron chi connectivity index (χ3n) is 3.42. The zero-order valence-electron chi connectivity index (χ0n) is 11.5. The van der Waals surface area contributed by atoms with Crippen molar-refractivity contribution < 1.29 is 4.79 Å². The lowest BCUT2D eigenvalue weighted by Crippen LogP contribution is -2.40. The molecule has 0 aliphatic carbocycles. The van der Waals surface area contributed by atoms with E-state index in [-0.39, 0.29) is 18.3 Å². The predicted octanol–water partition coefficient (Wildman–Crippen LogP) is 2.34. The second kappa shape index (κ2) is 7.82. The van der Waals surface area contributed by atoms with E-state index in [1.54, 1.807) is 6.20 Å². The van der Waals surface area contributed by atoms with Crippen molar-refractivity contribution in [3.05, 3.63) is 16.1 Å². The largest absolute Gasteiger partial charge is 0.338 e. The Morgan fingerprint density at radius 3 is 2.74 bits per heavy atom. The summed E-state index contributed by atoms with van der Waals surface area (Å²) in [4.78, 5) is 19.1. The molecule has 0 radical (unpaired) electrons. The van der Waals surface area contributed by atoms with Gasteiger partial charge in [0.05, 0.1) is 11.2 Å². The van der Waals surface area contributed by atoms with E-state index in [2.05, 4.69) is 17.2 Å². The third kappa shape index (κ3) is 4.44. The molecule has 0 unspecified atom stereocenters. The molecule has 1 amide bonds. The van der Waals surface area contributed by atoms with Gasteiger partial charge < -0.3 is 10.2 Å². The Morgan fingerprint density at radius 1 is 1.53 bits per heavy atom. The number of carbonyl (C=O) groups excluding carboxylic acids is 1. The third-order valence-corrected chi connectivity index (χ3v) is 4.32. The molecule has 1 fully saturated rings. The molecule has 1 aliphatic rings. The van der Waals surface area contributed by atoms with E-state index < -0.39 is 0 Å². The summed E-state index contributed by atoms with van der Waals surface area (Å²) in [5.74, 6) is 0.875. The molecule has 0 saturated carbocycles. The molecule has 19 heavy (non-hydrogen) atoms. The predicted molar refractivity (Wildman–Crippen MR) is 81.3 cm³/mol. The van der Waals surface area contributed by atoms with Crippen molar-refractivity contribution in [1.82, 2.24) is 15.2 Å². The number of aromatic nitrogens is 1. The SMILES string of the molecule is CCNCC1CCN(C(=O)c2cnc(C)s2)CC1.Cl. The molecule has 108 valence electrons. The van der Waals surface area contributed by atoms with Crippen LogP contribution in [-0.4, -0.2) is 42.0 Å². The second-order valence-corrected chi connectivity index (χ2v) is 6.02. The number of hydrogen-bond donors (Lipinski definition) is 1. The van der Waals surface area contributed by atoms with Crippen LogP contribution in [0.3, 0.4) is 0 Å². The van der Waals surface area contributed by atoms with E-state index in [9.17, 15) is 4.79 Å². The van der Waals surface area contributed by atoms with Crippen molar-refractivity contribution in [3.63, 3.8) is 0 Å². The highest BCUT2D eigenvalue weighted by atomic mass is 35.5. The fourth-order valence-corrected chi connectivity index (χ4v) is 3.05. The van der Waals surface area contributed by atoms with Crippen LogP contribution in [-0.2, 0) is 0 Å². The number of rotatable bonds is 4. The number of aryl methyl sites for hydroxylation is 1. The molecule has 6 heteroatoms. The normalized spacial score (nSPS) is 16.2. The van der Waals surface area contributed by atoms with Crippen LogP contribution in [0, 0.1) is 12.8 Å². The minimum Gasteiger partial charge on any atom is -0.338 e. The first-order valence-corrected chi connectivity index (χ1v) is 7.44. The van der Waals surface area contributed by atoms with E-state index in [0.29, 0.717) is 0 Å². The number of amides is 1. The van der Waals surface area contributed by atoms with Gasteiger partial charge in [-0.2, -0.15) is 0 Å². The van der Waals surface area contributed by atoms with Gasteiger partial charge in [0.15, 0.2) is 0 Å². The summed E-state index contributed by atoms with van der Waals surface area (Å²) in [5.41, 5.74) is 0. The van der Waals surface area contributed by atoms with Gasteiger partial charge in [-0.3, -0.25) is 4.79 Å². The van der Waals surface area contributed by atoms with E-state index >= 15 is 0 Å². The van der Waals surface area contributed by atoms with Crippen LogP contribution in [0.4, 0.5) is 0 Å². The highest BCUT2D eigenvalue weighted by molar-refractivity contribution is 7.13. The van der Waals surface area contributed by atoms with E-state index in [1.165, 1.54) is 11.3 Å². The van der Waals surface area contributed by atoms with Gasteiger partial charge in [0.25, 0.3) is 5.91 Å². The molecule has 0 spiro atoms. The summed E-state index contributed by atoms with van der Waals surface area (Å²) in [6.07, 6.45) is 3.92. The zero-order chi connectivity index (χ0) is 13.0. The number of thiazole rings is 1. The lowest BCUT2D eigenvalue weighted by molar-refractivity contribution is 0.0695. The molecule has 1 aromatic rings. The molecule has 0 atom stereocenters. The van der Waals surface area contributed by atoms with Crippen molar-refractivity contribution in [3.8, 4) is 0 Å². The minimum atomic E-state index is 0. The van der Waals surface area contributed by atoms with E-state index in [4.69, 9.17) is 0 Å². The number of halogens is 1. The Morgan fingerprint density at radius 2 is 2.21 bits per heavy atom.